The molecule has 1 heterocycles. The van der Waals surface area contributed by atoms with Crippen molar-refractivity contribution >= 4 is 5.57 Å². The van der Waals surface area contributed by atoms with Gasteiger partial charge in [0.2, 0.25) is 5.82 Å². The summed E-state index contributed by atoms with van der Waals surface area (Å²) in [7, 11) is 0. The van der Waals surface area contributed by atoms with E-state index in [9.17, 15) is 8.78 Å². The van der Waals surface area contributed by atoms with E-state index in [2.05, 4.69) is 6.92 Å². The number of hydrogen-bond acceptors (Lipinski definition) is 2. The van der Waals surface area contributed by atoms with Crippen LogP contribution in [0.1, 0.15) is 64.4 Å². The minimum atomic E-state index is -0.915. The molecule has 1 aliphatic carbocycles. The highest BCUT2D eigenvalue weighted by molar-refractivity contribution is 5.68. The highest BCUT2D eigenvalue weighted by Crippen LogP contribution is 2.38. The molecule has 0 aromatic heterocycles. The molecule has 1 saturated carbocycles. The van der Waals surface area contributed by atoms with Crippen molar-refractivity contribution < 1.29 is 18.3 Å². The Hall–Kier alpha value is -1.42. The second-order valence-electron chi connectivity index (χ2n) is 7.56. The van der Waals surface area contributed by atoms with Crippen LogP contribution in [0.4, 0.5) is 8.78 Å². The Morgan fingerprint density at radius 1 is 1.08 bits per heavy atom. The quantitative estimate of drug-likeness (QED) is 0.603. The minimum Gasteiger partial charge on any atom is -0.491 e. The summed E-state index contributed by atoms with van der Waals surface area (Å²) in [6.07, 6.45) is 10.7. The summed E-state index contributed by atoms with van der Waals surface area (Å²) in [6, 6.07) is 3.09. The van der Waals surface area contributed by atoms with Gasteiger partial charge >= 0.3 is 0 Å². The van der Waals surface area contributed by atoms with E-state index in [1.54, 1.807) is 13.0 Å². The van der Waals surface area contributed by atoms with Gasteiger partial charge in [0.1, 0.15) is 0 Å². The molecule has 1 aliphatic heterocycles. The van der Waals surface area contributed by atoms with Gasteiger partial charge in [0, 0.05) is 5.56 Å². The molecule has 3 rings (SSSR count). The van der Waals surface area contributed by atoms with Crippen LogP contribution in [0.2, 0.25) is 0 Å². The van der Waals surface area contributed by atoms with Crippen LogP contribution in [-0.2, 0) is 4.74 Å². The van der Waals surface area contributed by atoms with Crippen LogP contribution in [-0.4, -0.2) is 19.3 Å². The van der Waals surface area contributed by atoms with E-state index in [4.69, 9.17) is 9.47 Å². The molecule has 2 nitrogen and oxygen atoms in total. The summed E-state index contributed by atoms with van der Waals surface area (Å²) in [4.78, 5) is 0. The summed E-state index contributed by atoms with van der Waals surface area (Å²) in [5.41, 5.74) is 1.02. The van der Waals surface area contributed by atoms with E-state index in [0.29, 0.717) is 19.1 Å². The van der Waals surface area contributed by atoms with E-state index in [-0.39, 0.29) is 17.4 Å². The predicted octanol–water partition coefficient (Wildman–Crippen LogP) is 6.14. The van der Waals surface area contributed by atoms with Crippen LogP contribution < -0.4 is 4.74 Å². The van der Waals surface area contributed by atoms with Gasteiger partial charge in [-0.3, -0.25) is 0 Å². The lowest BCUT2D eigenvalue weighted by atomic mass is 9.76. The summed E-state index contributed by atoms with van der Waals surface area (Å²) < 4.78 is 39.7. The highest BCUT2D eigenvalue weighted by atomic mass is 19.2. The van der Waals surface area contributed by atoms with E-state index < -0.39 is 11.6 Å². The van der Waals surface area contributed by atoms with Crippen LogP contribution >= 0.6 is 0 Å². The third-order valence-electron chi connectivity index (χ3n) is 5.86. The molecule has 1 atom stereocenters. The molecule has 0 saturated heterocycles. The monoisotopic (exact) mass is 364 g/mol. The first-order chi connectivity index (χ1) is 12.6. The van der Waals surface area contributed by atoms with Crippen molar-refractivity contribution in [3.63, 3.8) is 0 Å². The predicted molar refractivity (Wildman–Crippen MR) is 100 cm³/mol. The molecule has 1 unspecified atom stereocenters. The topological polar surface area (TPSA) is 18.5 Å². The average molecular weight is 364 g/mol. The van der Waals surface area contributed by atoms with Crippen LogP contribution in [0.3, 0.4) is 0 Å². The van der Waals surface area contributed by atoms with Gasteiger partial charge in [-0.1, -0.05) is 38.7 Å². The lowest BCUT2D eigenvalue weighted by Gasteiger charge is -2.35. The lowest BCUT2D eigenvalue weighted by Crippen LogP contribution is -2.30. The molecule has 0 bridgehead atoms. The standard InChI is InChI=1S/C22H30F2O2/c1-3-5-15-6-8-16(9-7-15)19-12-10-17(14-26-19)18-11-13-20(25-4-2)22(24)21(18)23/h10-11,13,15-16,19H,3-9,12,14H2,1-2H3. The SMILES string of the molecule is CCCC1CCC(C2CC=C(c3ccc(OCC)c(F)c3F)CO2)CC1. The molecular weight excluding hydrogens is 334 g/mol. The smallest absolute Gasteiger partial charge is 0.201 e. The number of rotatable bonds is 6. The molecule has 144 valence electrons. The van der Waals surface area contributed by atoms with Gasteiger partial charge in [0.25, 0.3) is 0 Å². The third kappa shape index (κ3) is 4.28. The number of halogens is 2. The van der Waals surface area contributed by atoms with Crippen LogP contribution in [0.25, 0.3) is 5.57 Å². The van der Waals surface area contributed by atoms with Crippen molar-refractivity contribution in [2.75, 3.05) is 13.2 Å². The lowest BCUT2D eigenvalue weighted by molar-refractivity contribution is 0.00858. The Morgan fingerprint density at radius 2 is 1.85 bits per heavy atom. The van der Waals surface area contributed by atoms with E-state index in [0.717, 1.165) is 17.9 Å². The molecule has 0 radical (unpaired) electrons. The maximum Gasteiger partial charge on any atom is 0.201 e. The first-order valence-electron chi connectivity index (χ1n) is 10.1. The zero-order valence-electron chi connectivity index (χ0n) is 15.9. The van der Waals surface area contributed by atoms with Crippen molar-refractivity contribution in [1.29, 1.82) is 0 Å². The first-order valence-corrected chi connectivity index (χ1v) is 10.1. The first kappa shape index (κ1) is 19.3. The Morgan fingerprint density at radius 3 is 2.46 bits per heavy atom. The Bertz CT molecular complexity index is 633. The fraction of sp³-hybridized carbons (Fsp3) is 0.636. The van der Waals surface area contributed by atoms with E-state index in [1.807, 2.05) is 6.08 Å². The van der Waals surface area contributed by atoms with Crippen LogP contribution in [0, 0.1) is 23.5 Å². The van der Waals surface area contributed by atoms with Gasteiger partial charge in [-0.25, -0.2) is 4.39 Å². The van der Waals surface area contributed by atoms with Gasteiger partial charge in [0.05, 0.1) is 19.3 Å². The molecule has 0 N–H and O–H groups in total. The molecule has 0 amide bonds. The molecular formula is C22H30F2O2. The third-order valence-corrected chi connectivity index (χ3v) is 5.86. The second kappa shape index (κ2) is 8.98. The maximum absolute atomic E-state index is 14.4. The highest BCUT2D eigenvalue weighted by Gasteiger charge is 2.30. The van der Waals surface area contributed by atoms with Crippen molar-refractivity contribution in [2.45, 2.75) is 64.9 Å². The summed E-state index contributed by atoms with van der Waals surface area (Å²) in [6.45, 7) is 4.66. The van der Waals surface area contributed by atoms with Gasteiger partial charge in [-0.15, -0.1) is 0 Å². The average Bonchev–Trinajstić information content (AvgIpc) is 2.67. The normalized spacial score (nSPS) is 26.5. The molecule has 26 heavy (non-hydrogen) atoms. The molecule has 0 spiro atoms. The number of benzene rings is 1. The number of ether oxygens (including phenoxy) is 2. The second-order valence-corrected chi connectivity index (χ2v) is 7.56. The fourth-order valence-electron chi connectivity index (χ4n) is 4.40. The van der Waals surface area contributed by atoms with E-state index in [1.165, 1.54) is 44.6 Å². The minimum absolute atomic E-state index is 0.0345. The van der Waals surface area contributed by atoms with Gasteiger partial charge in [-0.2, -0.15) is 4.39 Å². The Balaban J connectivity index is 1.62. The Labute approximate surface area is 155 Å². The molecule has 1 fully saturated rings. The van der Waals surface area contributed by atoms with Crippen LogP contribution in [0.5, 0.6) is 5.75 Å². The van der Waals surface area contributed by atoms with Crippen molar-refractivity contribution in [3.05, 3.63) is 35.4 Å². The zero-order valence-corrected chi connectivity index (χ0v) is 15.9. The van der Waals surface area contributed by atoms with Crippen molar-refractivity contribution in [1.82, 2.24) is 0 Å². The fourth-order valence-corrected chi connectivity index (χ4v) is 4.40. The molecule has 2 aliphatic rings. The van der Waals surface area contributed by atoms with Gasteiger partial charge < -0.3 is 9.47 Å². The van der Waals surface area contributed by atoms with Gasteiger partial charge in [-0.05, 0) is 55.7 Å². The largest absolute Gasteiger partial charge is 0.491 e. The molecule has 1 aromatic carbocycles. The maximum atomic E-state index is 14.4. The summed E-state index contributed by atoms with van der Waals surface area (Å²) >= 11 is 0. The van der Waals surface area contributed by atoms with Gasteiger partial charge in [0.15, 0.2) is 11.6 Å². The molecule has 1 aromatic rings. The van der Waals surface area contributed by atoms with Crippen LogP contribution in [0.15, 0.2) is 18.2 Å². The van der Waals surface area contributed by atoms with Crippen molar-refractivity contribution in [2.24, 2.45) is 11.8 Å². The van der Waals surface area contributed by atoms with Crippen molar-refractivity contribution in [3.8, 4) is 5.75 Å². The van der Waals surface area contributed by atoms with E-state index >= 15 is 0 Å². The number of hydrogen-bond donors (Lipinski definition) is 0. The zero-order chi connectivity index (χ0) is 18.5. The molecule has 4 heteroatoms. The summed E-state index contributed by atoms with van der Waals surface area (Å²) in [5.74, 6) is -0.312. The summed E-state index contributed by atoms with van der Waals surface area (Å²) in [5, 5.41) is 0. The Kier molecular flexibility index (Phi) is 6.68.